The van der Waals surface area contributed by atoms with Crippen molar-refractivity contribution >= 4 is 11.8 Å². The Balaban J connectivity index is 1.76. The second kappa shape index (κ2) is 5.61. The van der Waals surface area contributed by atoms with Crippen molar-refractivity contribution in [3.8, 4) is 0 Å². The van der Waals surface area contributed by atoms with Crippen LogP contribution in [0.5, 0.6) is 0 Å². The highest BCUT2D eigenvalue weighted by molar-refractivity contribution is 5.90. The first kappa shape index (κ1) is 19.0. The lowest BCUT2D eigenvalue weighted by atomic mass is 9.41. The van der Waals surface area contributed by atoms with Gasteiger partial charge in [0.15, 0.2) is 0 Å². The molecule has 1 heterocycles. The molecule has 4 nitrogen and oxygen atoms in total. The number of rotatable bonds is 1. The van der Waals surface area contributed by atoms with Gasteiger partial charge < -0.3 is 11.1 Å². The van der Waals surface area contributed by atoms with Crippen LogP contribution in [0, 0.1) is 39.9 Å². The predicted molar refractivity (Wildman–Crippen MR) is 107 cm³/mol. The van der Waals surface area contributed by atoms with Gasteiger partial charge in [0.05, 0.1) is 5.54 Å². The molecule has 150 valence electrons. The molecule has 0 spiro atoms. The third-order valence-corrected chi connectivity index (χ3v) is 9.52. The minimum atomic E-state index is -0.206. The van der Waals surface area contributed by atoms with Gasteiger partial charge in [-0.2, -0.15) is 0 Å². The Bertz CT molecular complexity index is 708. The molecule has 3 aliphatic carbocycles. The van der Waals surface area contributed by atoms with E-state index in [2.05, 4.69) is 46.0 Å². The first-order chi connectivity index (χ1) is 12.5. The summed E-state index contributed by atoms with van der Waals surface area (Å²) in [6, 6.07) is 0. The summed E-state index contributed by atoms with van der Waals surface area (Å²) in [5.41, 5.74) is 5.58. The third kappa shape index (κ3) is 2.28. The van der Waals surface area contributed by atoms with E-state index in [-0.39, 0.29) is 39.5 Å². The van der Waals surface area contributed by atoms with Crippen molar-refractivity contribution in [3.63, 3.8) is 0 Å². The van der Waals surface area contributed by atoms with Crippen molar-refractivity contribution in [3.05, 3.63) is 12.2 Å². The molecule has 0 radical (unpaired) electrons. The Morgan fingerprint density at radius 2 is 1.81 bits per heavy atom. The van der Waals surface area contributed by atoms with E-state index in [1.54, 1.807) is 6.08 Å². The molecule has 7 atom stereocenters. The number of primary amides is 1. The summed E-state index contributed by atoms with van der Waals surface area (Å²) in [5.74, 6) is 1.73. The van der Waals surface area contributed by atoms with Crippen LogP contribution in [0.2, 0.25) is 0 Å². The van der Waals surface area contributed by atoms with Gasteiger partial charge in [0.25, 0.3) is 0 Å². The maximum atomic E-state index is 12.4. The van der Waals surface area contributed by atoms with Crippen molar-refractivity contribution < 1.29 is 9.59 Å². The van der Waals surface area contributed by atoms with E-state index >= 15 is 0 Å². The van der Waals surface area contributed by atoms with Crippen molar-refractivity contribution in [1.29, 1.82) is 0 Å². The monoisotopic (exact) mass is 372 g/mol. The normalized spacial score (nSPS) is 49.0. The average Bonchev–Trinajstić information content (AvgIpc) is 2.92. The zero-order valence-electron chi connectivity index (χ0n) is 17.6. The fourth-order valence-corrected chi connectivity index (χ4v) is 8.21. The third-order valence-electron chi connectivity index (χ3n) is 9.52. The number of hydrogen-bond acceptors (Lipinski definition) is 2. The molecule has 0 bridgehead atoms. The Hall–Kier alpha value is -1.32. The molecule has 0 aromatic heterocycles. The second-order valence-electron chi connectivity index (χ2n) is 11.3. The summed E-state index contributed by atoms with van der Waals surface area (Å²) >= 11 is 0. The highest BCUT2D eigenvalue weighted by Crippen LogP contribution is 2.68. The quantitative estimate of drug-likeness (QED) is 0.735. The zero-order valence-corrected chi connectivity index (χ0v) is 17.6. The molecule has 27 heavy (non-hydrogen) atoms. The van der Waals surface area contributed by atoms with E-state index in [1.165, 1.54) is 0 Å². The Labute approximate surface area is 163 Å². The number of fused-ring (bicyclic) bond motifs is 5. The highest BCUT2D eigenvalue weighted by atomic mass is 16.2. The first-order valence-electron chi connectivity index (χ1n) is 10.8. The number of amides is 2. The fourth-order valence-electron chi connectivity index (χ4n) is 8.21. The molecule has 0 aromatic rings. The standard InChI is InChI=1S/C23H36N2O2/c1-20(2,3)23-13-8-14-15-6-7-17(19(24)27)21(15,4)11-9-16(14)22(23,5)12-10-18(26)25-23/h10,12,14-17H,6-9,11,13H2,1-5H3,(H2,24,27)(H,25,26)/t14-,15-,16+,17?,21-,22+,23?/m0/s1. The van der Waals surface area contributed by atoms with E-state index in [0.717, 1.165) is 38.5 Å². The largest absolute Gasteiger partial charge is 0.369 e. The second-order valence-corrected chi connectivity index (χ2v) is 11.3. The predicted octanol–water partition coefficient (Wildman–Crippen LogP) is 3.80. The van der Waals surface area contributed by atoms with Crippen LogP contribution < -0.4 is 11.1 Å². The Kier molecular flexibility index (Phi) is 3.95. The fraction of sp³-hybridized carbons (Fsp3) is 0.826. The van der Waals surface area contributed by atoms with Crippen LogP contribution in [0.15, 0.2) is 12.2 Å². The van der Waals surface area contributed by atoms with Gasteiger partial charge >= 0.3 is 0 Å². The Morgan fingerprint density at radius 3 is 2.44 bits per heavy atom. The highest BCUT2D eigenvalue weighted by Gasteiger charge is 2.67. The summed E-state index contributed by atoms with van der Waals surface area (Å²) in [6.45, 7) is 11.5. The van der Waals surface area contributed by atoms with Gasteiger partial charge in [0, 0.05) is 11.3 Å². The lowest BCUT2D eigenvalue weighted by Crippen LogP contribution is -2.72. The molecule has 1 aliphatic heterocycles. The molecular weight excluding hydrogens is 336 g/mol. The number of nitrogens with one attached hydrogen (secondary N) is 1. The van der Waals surface area contributed by atoms with Crippen LogP contribution >= 0.6 is 0 Å². The van der Waals surface area contributed by atoms with Gasteiger partial charge in [0.2, 0.25) is 11.8 Å². The summed E-state index contributed by atoms with van der Waals surface area (Å²) in [6.07, 6.45) is 10.4. The zero-order chi connectivity index (χ0) is 19.8. The van der Waals surface area contributed by atoms with Gasteiger partial charge in [-0.25, -0.2) is 0 Å². The minimum absolute atomic E-state index is 0.0146. The summed E-state index contributed by atoms with van der Waals surface area (Å²) in [4.78, 5) is 24.5. The molecule has 4 rings (SSSR count). The maximum absolute atomic E-state index is 12.4. The van der Waals surface area contributed by atoms with Crippen molar-refractivity contribution in [2.24, 2.45) is 45.7 Å². The smallest absolute Gasteiger partial charge is 0.244 e. The number of hydrogen-bond donors (Lipinski definition) is 2. The number of carbonyl (C=O) groups excluding carboxylic acids is 2. The average molecular weight is 373 g/mol. The van der Waals surface area contributed by atoms with Crippen molar-refractivity contribution in [2.45, 2.75) is 78.7 Å². The van der Waals surface area contributed by atoms with Crippen LogP contribution in [0.3, 0.4) is 0 Å². The van der Waals surface area contributed by atoms with Crippen LogP contribution in [0.4, 0.5) is 0 Å². The molecular formula is C23H36N2O2. The minimum Gasteiger partial charge on any atom is -0.369 e. The topological polar surface area (TPSA) is 72.2 Å². The molecule has 4 aliphatic rings. The van der Waals surface area contributed by atoms with Gasteiger partial charge in [-0.1, -0.05) is 40.7 Å². The summed E-state index contributed by atoms with van der Waals surface area (Å²) in [7, 11) is 0. The van der Waals surface area contributed by atoms with Crippen LogP contribution in [0.25, 0.3) is 0 Å². The number of nitrogens with two attached hydrogens (primary N) is 1. The van der Waals surface area contributed by atoms with Gasteiger partial charge in [-0.05, 0) is 73.2 Å². The van der Waals surface area contributed by atoms with E-state index in [4.69, 9.17) is 5.73 Å². The van der Waals surface area contributed by atoms with Gasteiger partial charge in [-0.3, -0.25) is 9.59 Å². The number of carbonyl (C=O) groups is 2. The van der Waals surface area contributed by atoms with E-state index in [0.29, 0.717) is 17.8 Å². The molecule has 2 amide bonds. The molecule has 2 unspecified atom stereocenters. The molecule has 3 fully saturated rings. The Morgan fingerprint density at radius 1 is 1.11 bits per heavy atom. The van der Waals surface area contributed by atoms with Crippen LogP contribution in [-0.2, 0) is 9.59 Å². The van der Waals surface area contributed by atoms with Crippen LogP contribution in [-0.4, -0.2) is 17.4 Å². The lowest BCUT2D eigenvalue weighted by Gasteiger charge is -2.67. The van der Waals surface area contributed by atoms with Crippen molar-refractivity contribution in [1.82, 2.24) is 5.32 Å². The molecule has 3 saturated carbocycles. The van der Waals surface area contributed by atoms with E-state index in [1.807, 2.05) is 0 Å². The molecule has 0 saturated heterocycles. The van der Waals surface area contributed by atoms with Gasteiger partial charge in [0.1, 0.15) is 0 Å². The first-order valence-corrected chi connectivity index (χ1v) is 10.8. The van der Waals surface area contributed by atoms with Gasteiger partial charge in [-0.15, -0.1) is 0 Å². The molecule has 3 N–H and O–H groups in total. The summed E-state index contributed by atoms with van der Waals surface area (Å²) in [5, 5.41) is 3.44. The maximum Gasteiger partial charge on any atom is 0.244 e. The van der Waals surface area contributed by atoms with Crippen molar-refractivity contribution in [2.75, 3.05) is 0 Å². The molecule has 0 aromatic carbocycles. The van der Waals surface area contributed by atoms with E-state index in [9.17, 15) is 9.59 Å². The SMILES string of the molecule is CC(C)(C)C12CC[C@@H]3[C@@H](CC[C@]4(C)C(C(N)=O)CC[C@@H]34)[C@@]1(C)C=CC(=O)N2. The van der Waals surface area contributed by atoms with E-state index < -0.39 is 0 Å². The van der Waals surface area contributed by atoms with Crippen LogP contribution in [0.1, 0.15) is 73.1 Å². The lowest BCUT2D eigenvalue weighted by molar-refractivity contribution is -0.149. The molecule has 4 heteroatoms. The summed E-state index contributed by atoms with van der Waals surface area (Å²) < 4.78 is 0.